The molecule has 0 saturated heterocycles. The van der Waals surface area contributed by atoms with Gasteiger partial charge in [0.25, 0.3) is 0 Å². The third-order valence-electron chi connectivity index (χ3n) is 5.72. The summed E-state index contributed by atoms with van der Waals surface area (Å²) in [6.07, 6.45) is 4.83. The number of benzene rings is 2. The average molecular weight is 437 g/mol. The van der Waals surface area contributed by atoms with Gasteiger partial charge in [-0.15, -0.1) is 0 Å². The molecule has 3 aromatic rings. The highest BCUT2D eigenvalue weighted by Crippen LogP contribution is 2.43. The van der Waals surface area contributed by atoms with Crippen molar-refractivity contribution in [2.24, 2.45) is 5.92 Å². The Morgan fingerprint density at radius 3 is 2.94 bits per heavy atom. The Labute approximate surface area is 184 Å². The van der Waals surface area contributed by atoms with Gasteiger partial charge in [0.05, 0.1) is 19.1 Å². The molecule has 0 fully saturated rings. The van der Waals surface area contributed by atoms with E-state index >= 15 is 0 Å². The van der Waals surface area contributed by atoms with Crippen LogP contribution in [0.3, 0.4) is 0 Å². The second-order valence-electron chi connectivity index (χ2n) is 7.53. The number of carbonyl (C=O) groups is 1. The Morgan fingerprint density at radius 2 is 2.10 bits per heavy atom. The summed E-state index contributed by atoms with van der Waals surface area (Å²) >= 11 is 6.24. The van der Waals surface area contributed by atoms with Crippen LogP contribution in [-0.4, -0.2) is 27.7 Å². The van der Waals surface area contributed by atoms with Crippen LogP contribution in [0.15, 0.2) is 60.6 Å². The normalized spacial score (nSPS) is 19.7. The van der Waals surface area contributed by atoms with Crippen molar-refractivity contribution in [1.29, 1.82) is 0 Å². The van der Waals surface area contributed by atoms with Crippen molar-refractivity contribution in [3.63, 3.8) is 0 Å². The van der Waals surface area contributed by atoms with Crippen molar-refractivity contribution < 1.29 is 14.3 Å². The molecular formula is C23H21ClN4O3. The SMILES string of the molecule is COc1cc([C@H]2[C@@H]3C(=O)CCC=C3Nc3ncnn32)ccc1OCc1ccccc1Cl. The molecule has 2 atom stereocenters. The van der Waals surface area contributed by atoms with Crippen molar-refractivity contribution >= 4 is 23.3 Å². The van der Waals surface area contributed by atoms with E-state index in [1.165, 1.54) is 6.33 Å². The van der Waals surface area contributed by atoms with Gasteiger partial charge >= 0.3 is 0 Å². The number of nitrogens with one attached hydrogen (secondary N) is 1. The number of hydrogen-bond donors (Lipinski definition) is 1. The number of rotatable bonds is 5. The summed E-state index contributed by atoms with van der Waals surface area (Å²) < 4.78 is 13.4. The molecule has 1 aliphatic carbocycles. The van der Waals surface area contributed by atoms with Gasteiger partial charge in [-0.25, -0.2) is 4.68 Å². The van der Waals surface area contributed by atoms with Crippen molar-refractivity contribution in [2.75, 3.05) is 12.4 Å². The third-order valence-corrected chi connectivity index (χ3v) is 6.08. The second-order valence-corrected chi connectivity index (χ2v) is 7.94. The lowest BCUT2D eigenvalue weighted by Crippen LogP contribution is -2.38. The number of Topliss-reactive ketones (excluding diaryl/α,β-unsaturated/α-hetero) is 1. The van der Waals surface area contributed by atoms with Gasteiger partial charge in [-0.2, -0.15) is 10.1 Å². The minimum absolute atomic E-state index is 0.189. The minimum Gasteiger partial charge on any atom is -0.493 e. The Hall–Kier alpha value is -3.32. The van der Waals surface area contributed by atoms with E-state index in [4.69, 9.17) is 21.1 Å². The molecule has 1 N–H and O–H groups in total. The van der Waals surface area contributed by atoms with Gasteiger partial charge < -0.3 is 14.8 Å². The maximum absolute atomic E-state index is 12.8. The molecule has 2 aromatic carbocycles. The van der Waals surface area contributed by atoms with E-state index in [2.05, 4.69) is 21.5 Å². The lowest BCUT2D eigenvalue weighted by atomic mass is 9.81. The lowest BCUT2D eigenvalue weighted by molar-refractivity contribution is -0.123. The van der Waals surface area contributed by atoms with E-state index in [1.54, 1.807) is 11.8 Å². The first kappa shape index (κ1) is 19.6. The maximum Gasteiger partial charge on any atom is 0.226 e. The first-order chi connectivity index (χ1) is 15.2. The number of allylic oxidation sites excluding steroid dienone is 2. The molecule has 0 bridgehead atoms. The maximum atomic E-state index is 12.8. The molecule has 8 heteroatoms. The topological polar surface area (TPSA) is 78.3 Å². The fourth-order valence-electron chi connectivity index (χ4n) is 4.21. The Balaban J connectivity index is 1.49. The molecule has 5 rings (SSSR count). The summed E-state index contributed by atoms with van der Waals surface area (Å²) in [5.74, 6) is 1.67. The Morgan fingerprint density at radius 1 is 1.23 bits per heavy atom. The number of carbonyl (C=O) groups excluding carboxylic acids is 1. The quantitative estimate of drug-likeness (QED) is 0.638. The van der Waals surface area contributed by atoms with E-state index < -0.39 is 0 Å². The van der Waals surface area contributed by atoms with Gasteiger partial charge in [0.2, 0.25) is 5.95 Å². The van der Waals surface area contributed by atoms with Gasteiger partial charge in [0.1, 0.15) is 18.7 Å². The monoisotopic (exact) mass is 436 g/mol. The van der Waals surface area contributed by atoms with Crippen molar-refractivity contribution in [3.8, 4) is 11.5 Å². The fourth-order valence-corrected chi connectivity index (χ4v) is 4.40. The highest BCUT2D eigenvalue weighted by molar-refractivity contribution is 6.31. The summed E-state index contributed by atoms with van der Waals surface area (Å²) in [7, 11) is 1.60. The van der Waals surface area contributed by atoms with Crippen LogP contribution < -0.4 is 14.8 Å². The molecule has 2 heterocycles. The van der Waals surface area contributed by atoms with Gasteiger partial charge in [-0.3, -0.25) is 4.79 Å². The number of ether oxygens (including phenoxy) is 2. The van der Waals surface area contributed by atoms with Crippen LogP contribution in [0.1, 0.15) is 30.0 Å². The molecule has 0 spiro atoms. The Bertz CT molecular complexity index is 1170. The van der Waals surface area contributed by atoms with Crippen LogP contribution in [0.25, 0.3) is 0 Å². The minimum atomic E-state index is -0.331. The zero-order valence-electron chi connectivity index (χ0n) is 16.9. The van der Waals surface area contributed by atoms with E-state index in [1.807, 2.05) is 42.5 Å². The number of methoxy groups -OCH3 is 1. The van der Waals surface area contributed by atoms with Crippen molar-refractivity contribution in [2.45, 2.75) is 25.5 Å². The van der Waals surface area contributed by atoms with Crippen LogP contribution in [0.2, 0.25) is 5.02 Å². The number of ketones is 1. The predicted octanol–water partition coefficient (Wildman–Crippen LogP) is 4.40. The number of anilines is 1. The average Bonchev–Trinajstić information content (AvgIpc) is 3.25. The molecule has 2 aliphatic rings. The van der Waals surface area contributed by atoms with Gasteiger partial charge in [-0.1, -0.05) is 41.9 Å². The van der Waals surface area contributed by atoms with Crippen molar-refractivity contribution in [3.05, 3.63) is 76.7 Å². The molecule has 1 aliphatic heterocycles. The van der Waals surface area contributed by atoms with Crippen LogP contribution in [0, 0.1) is 5.92 Å². The molecular weight excluding hydrogens is 416 g/mol. The van der Waals surface area contributed by atoms with E-state index in [0.29, 0.717) is 35.5 Å². The summed E-state index contributed by atoms with van der Waals surface area (Å²) in [4.78, 5) is 17.1. The lowest BCUT2D eigenvalue weighted by Gasteiger charge is -2.36. The fraction of sp³-hybridized carbons (Fsp3) is 0.261. The summed E-state index contributed by atoms with van der Waals surface area (Å²) in [5, 5.41) is 8.29. The van der Waals surface area contributed by atoms with Gasteiger partial charge in [0.15, 0.2) is 11.5 Å². The summed E-state index contributed by atoms with van der Waals surface area (Å²) in [6.45, 7) is 0.323. The first-order valence-electron chi connectivity index (χ1n) is 10.1. The number of fused-ring (bicyclic) bond motifs is 2. The zero-order chi connectivity index (χ0) is 21.4. The number of hydrogen-bond acceptors (Lipinski definition) is 6. The van der Waals surface area contributed by atoms with Crippen LogP contribution in [0.4, 0.5) is 5.95 Å². The number of halogens is 1. The standard InChI is InChI=1S/C23H21ClN4O3/c1-30-20-11-14(9-10-19(20)31-12-15-5-2-3-6-16(15)24)22-21-17(7-4-8-18(21)29)27-23-25-13-26-28(22)23/h2-3,5-7,9-11,13,21-22H,4,8,12H2,1H3,(H,25,26,27)/t21-,22-/m0/s1. The van der Waals surface area contributed by atoms with E-state index in [9.17, 15) is 4.79 Å². The largest absolute Gasteiger partial charge is 0.493 e. The molecule has 0 radical (unpaired) electrons. The number of nitrogens with zero attached hydrogens (tertiary/aromatic N) is 3. The van der Waals surface area contributed by atoms with Crippen molar-refractivity contribution in [1.82, 2.24) is 14.8 Å². The van der Waals surface area contributed by atoms with Crippen LogP contribution in [0.5, 0.6) is 11.5 Å². The molecule has 0 unspecified atom stereocenters. The Kier molecular flexibility index (Phi) is 5.11. The molecule has 0 saturated carbocycles. The molecule has 1 aromatic heterocycles. The molecule has 158 valence electrons. The third kappa shape index (κ3) is 3.55. The van der Waals surface area contributed by atoms with Crippen LogP contribution in [-0.2, 0) is 11.4 Å². The summed E-state index contributed by atoms with van der Waals surface area (Å²) in [6, 6.07) is 13.0. The summed E-state index contributed by atoms with van der Waals surface area (Å²) in [5.41, 5.74) is 2.68. The predicted molar refractivity (Wildman–Crippen MR) is 116 cm³/mol. The highest BCUT2D eigenvalue weighted by atomic mass is 35.5. The first-order valence-corrected chi connectivity index (χ1v) is 10.5. The highest BCUT2D eigenvalue weighted by Gasteiger charge is 2.41. The smallest absolute Gasteiger partial charge is 0.226 e. The van der Waals surface area contributed by atoms with Gasteiger partial charge in [0, 0.05) is 22.7 Å². The number of aromatic nitrogens is 3. The molecule has 0 amide bonds. The molecule has 7 nitrogen and oxygen atoms in total. The zero-order valence-corrected chi connectivity index (χ0v) is 17.7. The van der Waals surface area contributed by atoms with Crippen LogP contribution >= 0.6 is 11.6 Å². The van der Waals surface area contributed by atoms with Gasteiger partial charge in [-0.05, 0) is 30.2 Å². The molecule has 31 heavy (non-hydrogen) atoms. The second kappa shape index (κ2) is 8.07. The van der Waals surface area contributed by atoms with E-state index in [0.717, 1.165) is 23.2 Å². The van der Waals surface area contributed by atoms with E-state index in [-0.39, 0.29) is 17.7 Å².